The van der Waals surface area contributed by atoms with E-state index in [0.29, 0.717) is 34.4 Å². The van der Waals surface area contributed by atoms with Gasteiger partial charge in [-0.1, -0.05) is 41.9 Å². The molecule has 1 N–H and O–H groups in total. The van der Waals surface area contributed by atoms with Crippen molar-refractivity contribution in [1.82, 2.24) is 14.6 Å². The fourth-order valence-electron chi connectivity index (χ4n) is 3.72. The van der Waals surface area contributed by atoms with Crippen molar-refractivity contribution in [3.8, 4) is 34.0 Å². The molecular formula is C27H20ClN3O4. The highest BCUT2D eigenvalue weighted by molar-refractivity contribution is 6.32. The zero-order valence-electron chi connectivity index (χ0n) is 18.7. The number of carboxylic acid groups (broad SMARTS) is 1. The van der Waals surface area contributed by atoms with E-state index in [9.17, 15) is 9.90 Å². The quantitative estimate of drug-likeness (QED) is 0.304. The van der Waals surface area contributed by atoms with E-state index in [2.05, 4.69) is 10.1 Å². The van der Waals surface area contributed by atoms with Crippen LogP contribution in [-0.4, -0.2) is 32.8 Å². The molecule has 2 heterocycles. The van der Waals surface area contributed by atoms with Crippen LogP contribution in [0.4, 0.5) is 0 Å². The van der Waals surface area contributed by atoms with E-state index in [1.165, 1.54) is 10.6 Å². The Balaban J connectivity index is 1.52. The zero-order chi connectivity index (χ0) is 24.4. The smallest absolute Gasteiger partial charge is 0.356 e. The van der Waals surface area contributed by atoms with Crippen LogP contribution in [0.5, 0.6) is 11.5 Å². The zero-order valence-corrected chi connectivity index (χ0v) is 19.4. The predicted octanol–water partition coefficient (Wildman–Crippen LogP) is 6.00. The average Bonchev–Trinajstić information content (AvgIpc) is 3.33. The lowest BCUT2D eigenvalue weighted by Crippen LogP contribution is -2.01. The lowest BCUT2D eigenvalue weighted by molar-refractivity contribution is 0.0690. The van der Waals surface area contributed by atoms with E-state index >= 15 is 0 Å². The molecule has 0 radical (unpaired) electrons. The van der Waals surface area contributed by atoms with Crippen LogP contribution in [0.15, 0.2) is 84.9 Å². The van der Waals surface area contributed by atoms with Crippen LogP contribution in [0.2, 0.25) is 5.02 Å². The summed E-state index contributed by atoms with van der Waals surface area (Å²) in [7, 11) is 1.55. The third kappa shape index (κ3) is 4.67. The number of ether oxygens (including phenoxy) is 2. The number of aromatic carboxylic acids is 1. The molecular weight excluding hydrogens is 466 g/mol. The molecule has 0 saturated heterocycles. The number of nitrogens with zero attached hydrogens (tertiary/aromatic N) is 3. The van der Waals surface area contributed by atoms with Gasteiger partial charge in [0.25, 0.3) is 0 Å². The fraction of sp³-hybridized carbons (Fsp3) is 0.0741. The number of carboxylic acids is 1. The van der Waals surface area contributed by atoms with Crippen LogP contribution in [0.3, 0.4) is 0 Å². The van der Waals surface area contributed by atoms with Gasteiger partial charge in [0.1, 0.15) is 18.1 Å². The van der Waals surface area contributed by atoms with E-state index in [4.69, 9.17) is 21.1 Å². The van der Waals surface area contributed by atoms with Crippen LogP contribution in [0.1, 0.15) is 16.1 Å². The largest absolute Gasteiger partial charge is 0.495 e. The van der Waals surface area contributed by atoms with Gasteiger partial charge >= 0.3 is 5.97 Å². The SMILES string of the molecule is COc1ccc(-c2cc(-c3ccc(OCc4ccccc4)cc3)nc3cc(C(=O)O)nn23)cc1Cl. The molecule has 35 heavy (non-hydrogen) atoms. The van der Waals surface area contributed by atoms with Gasteiger partial charge in [0.2, 0.25) is 0 Å². The minimum absolute atomic E-state index is 0.0971. The van der Waals surface area contributed by atoms with Gasteiger partial charge in [-0.3, -0.25) is 0 Å². The molecule has 7 nitrogen and oxygen atoms in total. The maximum absolute atomic E-state index is 11.6. The summed E-state index contributed by atoms with van der Waals surface area (Å²) >= 11 is 6.36. The normalized spacial score (nSPS) is 10.9. The summed E-state index contributed by atoms with van der Waals surface area (Å²) in [6.45, 7) is 0.473. The van der Waals surface area contributed by atoms with Gasteiger partial charge in [-0.05, 0) is 54.1 Å². The number of benzene rings is 3. The van der Waals surface area contributed by atoms with Gasteiger partial charge < -0.3 is 14.6 Å². The van der Waals surface area contributed by atoms with Crippen molar-refractivity contribution < 1.29 is 19.4 Å². The molecule has 0 fully saturated rings. The number of hydrogen-bond acceptors (Lipinski definition) is 5. The first-order chi connectivity index (χ1) is 17.0. The fourth-order valence-corrected chi connectivity index (χ4v) is 3.98. The molecule has 8 heteroatoms. The third-order valence-corrected chi connectivity index (χ3v) is 5.79. The predicted molar refractivity (Wildman–Crippen MR) is 133 cm³/mol. The summed E-state index contributed by atoms with van der Waals surface area (Å²) in [5.74, 6) is 0.146. The first-order valence-electron chi connectivity index (χ1n) is 10.8. The van der Waals surface area contributed by atoms with Crippen molar-refractivity contribution in [3.05, 3.63) is 101 Å². The highest BCUT2D eigenvalue weighted by atomic mass is 35.5. The standard InChI is InChI=1S/C27H20ClN3O4/c1-34-25-12-9-19(13-21(25)28)24-14-22(29-26-15-23(27(32)33)30-31(24)26)18-7-10-20(11-8-18)35-16-17-5-3-2-4-6-17/h2-15H,16H2,1H3,(H,32,33). The van der Waals surface area contributed by atoms with Crippen molar-refractivity contribution in [2.45, 2.75) is 6.61 Å². The van der Waals surface area contributed by atoms with Crippen molar-refractivity contribution in [2.75, 3.05) is 7.11 Å². The first kappa shape index (κ1) is 22.4. The maximum Gasteiger partial charge on any atom is 0.356 e. The van der Waals surface area contributed by atoms with E-state index in [1.54, 1.807) is 19.2 Å². The van der Waals surface area contributed by atoms with E-state index in [-0.39, 0.29) is 5.69 Å². The Morgan fingerprint density at radius 2 is 1.71 bits per heavy atom. The molecule has 2 aromatic heterocycles. The second-order valence-corrected chi connectivity index (χ2v) is 8.19. The monoisotopic (exact) mass is 485 g/mol. The topological polar surface area (TPSA) is 86.0 Å². The molecule has 3 aromatic carbocycles. The molecule has 0 bridgehead atoms. The molecule has 0 amide bonds. The van der Waals surface area contributed by atoms with Crippen LogP contribution >= 0.6 is 11.6 Å². The van der Waals surface area contributed by atoms with E-state index < -0.39 is 5.97 Å². The Morgan fingerprint density at radius 3 is 2.40 bits per heavy atom. The summed E-state index contributed by atoms with van der Waals surface area (Å²) in [4.78, 5) is 16.2. The molecule has 0 aliphatic heterocycles. The molecule has 0 aliphatic rings. The van der Waals surface area contributed by atoms with Gasteiger partial charge in [0, 0.05) is 17.2 Å². The average molecular weight is 486 g/mol. The number of halogens is 1. The van der Waals surface area contributed by atoms with E-state index in [0.717, 1.165) is 22.4 Å². The highest BCUT2D eigenvalue weighted by Crippen LogP contribution is 2.32. The van der Waals surface area contributed by atoms with Gasteiger partial charge in [-0.15, -0.1) is 0 Å². The summed E-state index contributed by atoms with van der Waals surface area (Å²) in [5, 5.41) is 14.1. The number of methoxy groups -OCH3 is 1. The van der Waals surface area contributed by atoms with Crippen LogP contribution < -0.4 is 9.47 Å². The minimum Gasteiger partial charge on any atom is -0.495 e. The summed E-state index contributed by atoms with van der Waals surface area (Å²) in [6, 6.07) is 26.2. The third-order valence-electron chi connectivity index (χ3n) is 5.49. The molecule has 5 aromatic rings. The minimum atomic E-state index is -1.13. The summed E-state index contributed by atoms with van der Waals surface area (Å²) in [6.07, 6.45) is 0. The van der Waals surface area contributed by atoms with Gasteiger partial charge in [0.05, 0.1) is 23.5 Å². The highest BCUT2D eigenvalue weighted by Gasteiger charge is 2.16. The van der Waals surface area contributed by atoms with Gasteiger partial charge in [-0.2, -0.15) is 5.10 Å². The van der Waals surface area contributed by atoms with Crippen LogP contribution in [0.25, 0.3) is 28.2 Å². The van der Waals surface area contributed by atoms with Gasteiger partial charge in [-0.25, -0.2) is 14.3 Å². The maximum atomic E-state index is 11.6. The molecule has 174 valence electrons. The molecule has 0 spiro atoms. The second kappa shape index (κ2) is 9.48. The second-order valence-electron chi connectivity index (χ2n) is 7.78. The Hall–Kier alpha value is -4.36. The first-order valence-corrected chi connectivity index (χ1v) is 11.1. The lowest BCUT2D eigenvalue weighted by Gasteiger charge is -2.11. The Labute approximate surface area is 206 Å². The molecule has 0 unspecified atom stereocenters. The van der Waals surface area contributed by atoms with Crippen LogP contribution in [-0.2, 0) is 6.61 Å². The number of carbonyl (C=O) groups is 1. The van der Waals surface area contributed by atoms with Crippen molar-refractivity contribution in [3.63, 3.8) is 0 Å². The number of aromatic nitrogens is 3. The summed E-state index contributed by atoms with van der Waals surface area (Å²) < 4.78 is 12.6. The molecule has 0 saturated carbocycles. The van der Waals surface area contributed by atoms with Crippen molar-refractivity contribution in [2.24, 2.45) is 0 Å². The van der Waals surface area contributed by atoms with Crippen LogP contribution in [0, 0.1) is 0 Å². The Bertz CT molecular complexity index is 1520. The number of fused-ring (bicyclic) bond motifs is 1. The van der Waals surface area contributed by atoms with Crippen molar-refractivity contribution >= 4 is 23.2 Å². The molecule has 5 rings (SSSR count). The van der Waals surface area contributed by atoms with Crippen molar-refractivity contribution in [1.29, 1.82) is 0 Å². The lowest BCUT2D eigenvalue weighted by atomic mass is 10.1. The van der Waals surface area contributed by atoms with Gasteiger partial charge in [0.15, 0.2) is 11.3 Å². The molecule has 0 atom stereocenters. The Morgan fingerprint density at radius 1 is 0.971 bits per heavy atom. The summed E-state index contributed by atoms with van der Waals surface area (Å²) in [5.41, 5.74) is 4.29. The number of rotatable bonds is 7. The Kier molecular flexibility index (Phi) is 6.08. The van der Waals surface area contributed by atoms with E-state index in [1.807, 2.05) is 66.7 Å². The number of hydrogen-bond donors (Lipinski definition) is 1. The molecule has 0 aliphatic carbocycles.